The van der Waals surface area contributed by atoms with Crippen molar-refractivity contribution in [3.63, 3.8) is 0 Å². The molecule has 1 nitrogen and oxygen atoms in total. The SMILES string of the molecule is Cc1cc(C)c(C)c(C(N)C2Cc3ccccc3C2)c1C. The molecule has 0 fully saturated rings. The van der Waals surface area contributed by atoms with Crippen molar-refractivity contribution in [2.24, 2.45) is 11.7 Å². The van der Waals surface area contributed by atoms with Crippen LogP contribution < -0.4 is 5.73 Å². The van der Waals surface area contributed by atoms with Crippen LogP contribution in [-0.2, 0) is 12.8 Å². The third kappa shape index (κ3) is 2.40. The summed E-state index contributed by atoms with van der Waals surface area (Å²) in [4.78, 5) is 0. The van der Waals surface area contributed by atoms with Gasteiger partial charge in [0.15, 0.2) is 0 Å². The monoisotopic (exact) mass is 279 g/mol. The van der Waals surface area contributed by atoms with Crippen molar-refractivity contribution < 1.29 is 0 Å². The highest BCUT2D eigenvalue weighted by atomic mass is 14.7. The van der Waals surface area contributed by atoms with Gasteiger partial charge in [0.25, 0.3) is 0 Å². The van der Waals surface area contributed by atoms with Gasteiger partial charge in [0.05, 0.1) is 0 Å². The first-order valence-corrected chi connectivity index (χ1v) is 7.88. The number of fused-ring (bicyclic) bond motifs is 1. The minimum absolute atomic E-state index is 0.135. The van der Waals surface area contributed by atoms with E-state index in [-0.39, 0.29) is 6.04 Å². The van der Waals surface area contributed by atoms with Crippen molar-refractivity contribution in [2.45, 2.75) is 46.6 Å². The third-order valence-electron chi connectivity index (χ3n) is 5.35. The highest BCUT2D eigenvalue weighted by Crippen LogP contribution is 2.37. The molecule has 0 amide bonds. The van der Waals surface area contributed by atoms with E-state index in [0.717, 1.165) is 12.8 Å². The van der Waals surface area contributed by atoms with Gasteiger partial charge in [0.2, 0.25) is 0 Å². The molecule has 1 atom stereocenters. The summed E-state index contributed by atoms with van der Waals surface area (Å²) in [5.74, 6) is 0.529. The Hall–Kier alpha value is -1.60. The Labute approximate surface area is 128 Å². The lowest BCUT2D eigenvalue weighted by Gasteiger charge is -2.25. The molecular formula is C20H25N. The molecule has 0 saturated carbocycles. The fourth-order valence-corrected chi connectivity index (χ4v) is 3.83. The molecule has 0 bridgehead atoms. The van der Waals surface area contributed by atoms with E-state index in [1.165, 1.54) is 38.9 Å². The number of hydrogen-bond donors (Lipinski definition) is 1. The van der Waals surface area contributed by atoms with Crippen LogP contribution in [0.2, 0.25) is 0 Å². The van der Waals surface area contributed by atoms with E-state index in [9.17, 15) is 0 Å². The second-order valence-corrected chi connectivity index (χ2v) is 6.64. The lowest BCUT2D eigenvalue weighted by Crippen LogP contribution is -2.24. The summed E-state index contributed by atoms with van der Waals surface area (Å²) in [6, 6.07) is 11.2. The van der Waals surface area contributed by atoms with Gasteiger partial charge in [0.1, 0.15) is 0 Å². The van der Waals surface area contributed by atoms with Crippen molar-refractivity contribution in [1.29, 1.82) is 0 Å². The van der Waals surface area contributed by atoms with Gasteiger partial charge in [-0.2, -0.15) is 0 Å². The van der Waals surface area contributed by atoms with Crippen LogP contribution in [0.1, 0.15) is 45.0 Å². The van der Waals surface area contributed by atoms with Crippen LogP contribution in [0.5, 0.6) is 0 Å². The maximum atomic E-state index is 6.72. The molecule has 0 heterocycles. The second kappa shape index (κ2) is 5.31. The molecule has 1 heteroatoms. The smallest absolute Gasteiger partial charge is 0.0335 e. The number of hydrogen-bond acceptors (Lipinski definition) is 1. The molecule has 2 N–H and O–H groups in total. The molecular weight excluding hydrogens is 254 g/mol. The Balaban J connectivity index is 1.96. The average molecular weight is 279 g/mol. The van der Waals surface area contributed by atoms with Crippen LogP contribution in [0.3, 0.4) is 0 Å². The van der Waals surface area contributed by atoms with Crippen LogP contribution in [-0.4, -0.2) is 0 Å². The van der Waals surface area contributed by atoms with E-state index >= 15 is 0 Å². The fourth-order valence-electron chi connectivity index (χ4n) is 3.83. The normalized spacial score (nSPS) is 16.0. The summed E-state index contributed by atoms with van der Waals surface area (Å²) >= 11 is 0. The molecule has 0 spiro atoms. The van der Waals surface area contributed by atoms with Gasteiger partial charge < -0.3 is 5.73 Å². The van der Waals surface area contributed by atoms with E-state index in [4.69, 9.17) is 5.73 Å². The molecule has 2 aromatic carbocycles. The molecule has 1 aliphatic carbocycles. The van der Waals surface area contributed by atoms with Crippen molar-refractivity contribution in [3.05, 3.63) is 69.3 Å². The lowest BCUT2D eigenvalue weighted by atomic mass is 9.83. The molecule has 1 aliphatic rings. The predicted molar refractivity (Wildman–Crippen MR) is 89.7 cm³/mol. The van der Waals surface area contributed by atoms with Crippen LogP contribution in [0.4, 0.5) is 0 Å². The molecule has 0 aromatic heterocycles. The molecule has 3 rings (SSSR count). The predicted octanol–water partition coefficient (Wildman–Crippen LogP) is 4.34. The molecule has 0 radical (unpaired) electrons. The number of benzene rings is 2. The fraction of sp³-hybridized carbons (Fsp3) is 0.400. The first kappa shape index (κ1) is 14.3. The van der Waals surface area contributed by atoms with E-state index in [2.05, 4.69) is 58.0 Å². The van der Waals surface area contributed by atoms with Crippen LogP contribution in [0, 0.1) is 33.6 Å². The highest BCUT2D eigenvalue weighted by molar-refractivity contribution is 5.46. The van der Waals surface area contributed by atoms with E-state index in [1.807, 2.05) is 0 Å². The topological polar surface area (TPSA) is 26.0 Å². The number of nitrogens with two attached hydrogens (primary N) is 1. The summed E-state index contributed by atoms with van der Waals surface area (Å²) in [6.45, 7) is 8.83. The lowest BCUT2D eigenvalue weighted by molar-refractivity contribution is 0.450. The Morgan fingerprint density at radius 3 is 1.86 bits per heavy atom. The summed E-state index contributed by atoms with van der Waals surface area (Å²) in [7, 11) is 0. The summed E-state index contributed by atoms with van der Waals surface area (Å²) in [5, 5.41) is 0. The van der Waals surface area contributed by atoms with Crippen molar-refractivity contribution in [1.82, 2.24) is 0 Å². The second-order valence-electron chi connectivity index (χ2n) is 6.64. The largest absolute Gasteiger partial charge is 0.324 e. The van der Waals surface area contributed by atoms with Gasteiger partial charge in [-0.05, 0) is 85.4 Å². The van der Waals surface area contributed by atoms with E-state index in [1.54, 1.807) is 0 Å². The number of rotatable bonds is 2. The Morgan fingerprint density at radius 1 is 0.905 bits per heavy atom. The van der Waals surface area contributed by atoms with Gasteiger partial charge >= 0.3 is 0 Å². The van der Waals surface area contributed by atoms with Crippen LogP contribution in [0.25, 0.3) is 0 Å². The quantitative estimate of drug-likeness (QED) is 0.869. The maximum absolute atomic E-state index is 6.72. The van der Waals surface area contributed by atoms with E-state index < -0.39 is 0 Å². The summed E-state index contributed by atoms with van der Waals surface area (Å²) < 4.78 is 0. The number of aryl methyl sites for hydroxylation is 2. The van der Waals surface area contributed by atoms with Gasteiger partial charge in [-0.3, -0.25) is 0 Å². The Kier molecular flexibility index (Phi) is 3.62. The zero-order valence-corrected chi connectivity index (χ0v) is 13.5. The average Bonchev–Trinajstić information content (AvgIpc) is 2.89. The first-order chi connectivity index (χ1) is 9.99. The molecule has 0 saturated heterocycles. The summed E-state index contributed by atoms with van der Waals surface area (Å²) in [6.07, 6.45) is 2.23. The summed E-state index contributed by atoms with van der Waals surface area (Å²) in [5.41, 5.74) is 16.5. The third-order valence-corrected chi connectivity index (χ3v) is 5.35. The zero-order valence-electron chi connectivity index (χ0n) is 13.5. The van der Waals surface area contributed by atoms with Crippen molar-refractivity contribution >= 4 is 0 Å². The van der Waals surface area contributed by atoms with Gasteiger partial charge in [-0.1, -0.05) is 30.3 Å². The first-order valence-electron chi connectivity index (χ1n) is 7.88. The minimum Gasteiger partial charge on any atom is -0.324 e. The Morgan fingerprint density at radius 2 is 1.38 bits per heavy atom. The molecule has 0 aliphatic heterocycles. The van der Waals surface area contributed by atoms with Crippen molar-refractivity contribution in [2.75, 3.05) is 0 Å². The molecule has 21 heavy (non-hydrogen) atoms. The van der Waals surface area contributed by atoms with Gasteiger partial charge in [-0.25, -0.2) is 0 Å². The highest BCUT2D eigenvalue weighted by Gasteiger charge is 2.29. The van der Waals surface area contributed by atoms with Gasteiger partial charge in [-0.15, -0.1) is 0 Å². The zero-order chi connectivity index (χ0) is 15.1. The molecule has 1 unspecified atom stereocenters. The minimum atomic E-state index is 0.135. The van der Waals surface area contributed by atoms with Crippen molar-refractivity contribution in [3.8, 4) is 0 Å². The van der Waals surface area contributed by atoms with Gasteiger partial charge in [0, 0.05) is 6.04 Å². The van der Waals surface area contributed by atoms with Crippen LogP contribution in [0.15, 0.2) is 30.3 Å². The standard InChI is InChI=1S/C20H25N/c1-12-9-13(2)15(4)19(14(12)3)20(21)18-10-16-7-5-6-8-17(16)11-18/h5-9,18,20H,10-11,21H2,1-4H3. The van der Waals surface area contributed by atoms with Crippen LogP contribution >= 0.6 is 0 Å². The molecule has 2 aromatic rings. The Bertz CT molecular complexity index is 633. The van der Waals surface area contributed by atoms with E-state index in [0.29, 0.717) is 5.92 Å². The molecule has 110 valence electrons. The maximum Gasteiger partial charge on any atom is 0.0335 e.